The SMILES string of the molecule is CCOc1c(F)ccc(Nc2cccc(CC)c2C)c1C. The van der Waals surface area contributed by atoms with Crippen LogP contribution in [0.25, 0.3) is 0 Å². The van der Waals surface area contributed by atoms with Gasteiger partial charge in [0.1, 0.15) is 0 Å². The summed E-state index contributed by atoms with van der Waals surface area (Å²) in [7, 11) is 0. The Hall–Kier alpha value is -2.03. The molecule has 0 unspecified atom stereocenters. The van der Waals surface area contributed by atoms with Crippen LogP contribution in [0.5, 0.6) is 5.75 Å². The second kappa shape index (κ2) is 6.61. The molecule has 0 aromatic heterocycles. The van der Waals surface area contributed by atoms with E-state index in [1.165, 1.54) is 17.2 Å². The van der Waals surface area contributed by atoms with Gasteiger partial charge in [-0.25, -0.2) is 4.39 Å². The molecule has 0 saturated heterocycles. The third-order valence-electron chi connectivity index (χ3n) is 3.74. The Morgan fingerprint density at radius 1 is 1.00 bits per heavy atom. The summed E-state index contributed by atoms with van der Waals surface area (Å²) in [6.45, 7) is 8.42. The number of hydrogen-bond acceptors (Lipinski definition) is 2. The number of rotatable bonds is 5. The standard InChI is InChI=1S/C18H22FNO/c1-5-14-8-7-9-16(12(14)3)20-17-11-10-15(19)18(13(17)4)21-6-2/h7-11,20H,5-6H2,1-4H3. The van der Waals surface area contributed by atoms with Gasteiger partial charge in [-0.05, 0) is 56.5 Å². The van der Waals surface area contributed by atoms with Crippen LogP contribution in [0.15, 0.2) is 30.3 Å². The Kier molecular flexibility index (Phi) is 4.84. The molecule has 2 nitrogen and oxygen atoms in total. The van der Waals surface area contributed by atoms with E-state index in [1.807, 2.05) is 26.0 Å². The first kappa shape index (κ1) is 15.4. The molecule has 0 fully saturated rings. The van der Waals surface area contributed by atoms with Crippen molar-refractivity contribution in [1.29, 1.82) is 0 Å². The number of ether oxygens (including phenoxy) is 1. The minimum atomic E-state index is -0.320. The summed E-state index contributed by atoms with van der Waals surface area (Å²) in [4.78, 5) is 0. The first-order valence-corrected chi connectivity index (χ1v) is 7.35. The zero-order valence-corrected chi connectivity index (χ0v) is 13.1. The van der Waals surface area contributed by atoms with Crippen LogP contribution in [0.1, 0.15) is 30.5 Å². The van der Waals surface area contributed by atoms with Crippen LogP contribution in [0, 0.1) is 19.7 Å². The van der Waals surface area contributed by atoms with E-state index in [9.17, 15) is 4.39 Å². The second-order valence-corrected chi connectivity index (χ2v) is 5.05. The fraction of sp³-hybridized carbons (Fsp3) is 0.333. The smallest absolute Gasteiger partial charge is 0.165 e. The van der Waals surface area contributed by atoms with Crippen LogP contribution in [-0.4, -0.2) is 6.61 Å². The molecular weight excluding hydrogens is 265 g/mol. The molecular formula is C18H22FNO. The first-order chi connectivity index (χ1) is 10.1. The van der Waals surface area contributed by atoms with Gasteiger partial charge in [0.25, 0.3) is 0 Å². The van der Waals surface area contributed by atoms with Crippen molar-refractivity contribution >= 4 is 11.4 Å². The maximum absolute atomic E-state index is 13.8. The molecule has 2 aromatic carbocycles. The fourth-order valence-electron chi connectivity index (χ4n) is 2.46. The van der Waals surface area contributed by atoms with Crippen molar-refractivity contribution in [2.24, 2.45) is 0 Å². The number of nitrogens with one attached hydrogen (secondary N) is 1. The Labute approximate surface area is 126 Å². The Morgan fingerprint density at radius 3 is 2.38 bits per heavy atom. The van der Waals surface area contributed by atoms with Gasteiger partial charge in [0.2, 0.25) is 0 Å². The summed E-state index contributed by atoms with van der Waals surface area (Å²) in [6, 6.07) is 9.41. The Morgan fingerprint density at radius 2 is 1.71 bits per heavy atom. The number of aryl methyl sites for hydroxylation is 1. The summed E-state index contributed by atoms with van der Waals surface area (Å²) in [5.41, 5.74) is 5.24. The van der Waals surface area contributed by atoms with E-state index in [1.54, 1.807) is 6.07 Å². The van der Waals surface area contributed by atoms with Crippen molar-refractivity contribution in [3.8, 4) is 5.75 Å². The summed E-state index contributed by atoms with van der Waals surface area (Å²) in [6.07, 6.45) is 0.994. The molecule has 0 bridgehead atoms. The van der Waals surface area contributed by atoms with E-state index in [-0.39, 0.29) is 5.82 Å². The molecule has 0 atom stereocenters. The van der Waals surface area contributed by atoms with Crippen LogP contribution in [-0.2, 0) is 6.42 Å². The lowest BCUT2D eigenvalue weighted by atomic mass is 10.0. The minimum absolute atomic E-state index is 0.320. The molecule has 1 N–H and O–H groups in total. The van der Waals surface area contributed by atoms with Gasteiger partial charge in [0.15, 0.2) is 11.6 Å². The van der Waals surface area contributed by atoms with Gasteiger partial charge in [-0.15, -0.1) is 0 Å². The van der Waals surface area contributed by atoms with E-state index >= 15 is 0 Å². The van der Waals surface area contributed by atoms with Gasteiger partial charge in [0, 0.05) is 16.9 Å². The Bertz CT molecular complexity index is 637. The molecule has 0 heterocycles. The molecule has 0 aliphatic carbocycles. The quantitative estimate of drug-likeness (QED) is 0.821. The maximum Gasteiger partial charge on any atom is 0.165 e. The van der Waals surface area contributed by atoms with Crippen LogP contribution in [0.4, 0.5) is 15.8 Å². The highest BCUT2D eigenvalue weighted by molar-refractivity contribution is 5.69. The van der Waals surface area contributed by atoms with Crippen molar-refractivity contribution in [2.75, 3.05) is 11.9 Å². The molecule has 2 aromatic rings. The average Bonchev–Trinajstić information content (AvgIpc) is 2.48. The molecule has 2 rings (SSSR count). The molecule has 0 spiro atoms. The highest BCUT2D eigenvalue weighted by atomic mass is 19.1. The van der Waals surface area contributed by atoms with E-state index < -0.39 is 0 Å². The molecule has 3 heteroatoms. The number of benzene rings is 2. The van der Waals surface area contributed by atoms with E-state index in [0.717, 1.165) is 23.4 Å². The van der Waals surface area contributed by atoms with Crippen LogP contribution in [0.3, 0.4) is 0 Å². The number of halogens is 1. The van der Waals surface area contributed by atoms with Gasteiger partial charge in [-0.2, -0.15) is 0 Å². The second-order valence-electron chi connectivity index (χ2n) is 5.05. The lowest BCUT2D eigenvalue weighted by Crippen LogP contribution is -2.02. The highest BCUT2D eigenvalue weighted by Gasteiger charge is 2.12. The topological polar surface area (TPSA) is 21.3 Å². The van der Waals surface area contributed by atoms with Gasteiger partial charge in [0.05, 0.1) is 6.61 Å². The van der Waals surface area contributed by atoms with Gasteiger partial charge >= 0.3 is 0 Å². The molecule has 112 valence electrons. The zero-order valence-electron chi connectivity index (χ0n) is 13.1. The third-order valence-corrected chi connectivity index (χ3v) is 3.74. The van der Waals surface area contributed by atoms with E-state index in [0.29, 0.717) is 12.4 Å². The largest absolute Gasteiger partial charge is 0.490 e. The predicted molar refractivity (Wildman–Crippen MR) is 86.1 cm³/mol. The van der Waals surface area contributed by atoms with Crippen molar-refractivity contribution in [1.82, 2.24) is 0 Å². The first-order valence-electron chi connectivity index (χ1n) is 7.35. The summed E-state index contributed by atoms with van der Waals surface area (Å²) in [5.74, 6) is 0.00531. The van der Waals surface area contributed by atoms with Crippen molar-refractivity contribution in [3.63, 3.8) is 0 Å². The minimum Gasteiger partial charge on any atom is -0.490 e. The van der Waals surface area contributed by atoms with E-state index in [2.05, 4.69) is 25.2 Å². The van der Waals surface area contributed by atoms with Gasteiger partial charge in [-0.3, -0.25) is 0 Å². The van der Waals surface area contributed by atoms with Gasteiger partial charge < -0.3 is 10.1 Å². The molecule has 0 radical (unpaired) electrons. The molecule has 0 saturated carbocycles. The monoisotopic (exact) mass is 287 g/mol. The zero-order chi connectivity index (χ0) is 15.4. The van der Waals surface area contributed by atoms with Crippen molar-refractivity contribution in [3.05, 3.63) is 52.8 Å². The molecule has 21 heavy (non-hydrogen) atoms. The van der Waals surface area contributed by atoms with Gasteiger partial charge in [-0.1, -0.05) is 19.1 Å². The normalized spacial score (nSPS) is 10.5. The molecule has 0 aliphatic heterocycles. The molecule has 0 aliphatic rings. The highest BCUT2D eigenvalue weighted by Crippen LogP contribution is 2.32. The lowest BCUT2D eigenvalue weighted by molar-refractivity contribution is 0.319. The molecule has 0 amide bonds. The van der Waals surface area contributed by atoms with Crippen LogP contribution >= 0.6 is 0 Å². The van der Waals surface area contributed by atoms with Crippen molar-refractivity contribution < 1.29 is 9.13 Å². The summed E-state index contributed by atoms with van der Waals surface area (Å²) >= 11 is 0. The third kappa shape index (κ3) is 3.18. The Balaban J connectivity index is 2.38. The summed E-state index contributed by atoms with van der Waals surface area (Å²) < 4.78 is 19.2. The lowest BCUT2D eigenvalue weighted by Gasteiger charge is -2.17. The predicted octanol–water partition coefficient (Wildman–Crippen LogP) is 5.15. The number of anilines is 2. The summed E-state index contributed by atoms with van der Waals surface area (Å²) in [5, 5.41) is 3.39. The average molecular weight is 287 g/mol. The van der Waals surface area contributed by atoms with Crippen LogP contribution < -0.4 is 10.1 Å². The maximum atomic E-state index is 13.8. The number of hydrogen-bond donors (Lipinski definition) is 1. The van der Waals surface area contributed by atoms with E-state index in [4.69, 9.17) is 4.74 Å². The van der Waals surface area contributed by atoms with Crippen LogP contribution in [0.2, 0.25) is 0 Å². The van der Waals surface area contributed by atoms with Crippen molar-refractivity contribution in [2.45, 2.75) is 34.1 Å². The fourth-order valence-corrected chi connectivity index (χ4v) is 2.46.